The molecule has 32 heteroatoms. The van der Waals surface area contributed by atoms with Crippen molar-refractivity contribution in [1.29, 1.82) is 0 Å². The number of rotatable bonds is 30. The molecule has 0 fully saturated rings. The number of carboxylic acid groups (broad SMARTS) is 1. The highest BCUT2D eigenvalue weighted by Gasteiger charge is 2.35. The number of benzene rings is 4. The molecule has 0 aromatic heterocycles. The Kier molecular flexibility index (Phi) is 32.6. The fraction of sp³-hybridized carbons (Fsp3) is 0.464. The van der Waals surface area contributed by atoms with Crippen LogP contribution in [0.5, 0.6) is 0 Å². The monoisotopic (exact) mass is 1270 g/mol. The Labute approximate surface area is 500 Å². The zero-order chi connectivity index (χ0) is 66.4. The second-order valence-corrected chi connectivity index (χ2v) is 19.4. The smallest absolute Gasteiger partial charge is 0.416 e. The van der Waals surface area contributed by atoms with Gasteiger partial charge in [0.1, 0.15) is 12.1 Å². The molecule has 0 spiro atoms. The SMILES string of the molecule is CCCN(N)CCNC.CNCCN(CCNC)NC(=O)C[C@H](NC)C(=O)N[C@@H](Cc1ccc(C(F)(F)F)cc1)C(=O)Nc1cccc(C(F)(F)F)c1.CN[C@@H](CC(=O)O)C(=O)N[C@@H](Cc1ccc(C(F)(F)F)cc1)C(=O)Nc1cccc(C(F)(F)F)c1. The standard InChI is InChI=1S/C28H37F6N7O3.C22H21F6N3O4.C6H17N3/c1-35-11-13-41(14-12-36-2)40-24(42)17-22(37-3)25(43)39-23(15-18-7-9-19(10-8-18)27(29,30)31)26(44)38-21-6-4-5-20(16-21)28(32,33)34;1-29-16(11-18(32)33)19(34)31-17(9-12-5-7-13(8-6-12)21(23,24)25)20(35)30-15-4-2-3-14(10-15)22(26,27)28;1-3-5-9(7)6-4-8-2/h4-10,16,22-23,35-37H,11-15,17H2,1-3H3,(H,38,44)(H,39,43)(H,40,42);2-8,10,16-17,29H,9,11H2,1H3,(H,30,35)(H,31,34)(H,32,33);8H,3-7H2,1-2H3/t22-,23-;16-,17-;/m00./s1. The predicted molar refractivity (Wildman–Crippen MR) is 304 cm³/mol. The van der Waals surface area contributed by atoms with Gasteiger partial charge in [-0.2, -0.15) is 52.7 Å². The lowest BCUT2D eigenvalue weighted by atomic mass is 10.0. The molecule has 0 radical (unpaired) electrons. The van der Waals surface area contributed by atoms with Crippen molar-refractivity contribution in [3.05, 3.63) is 130 Å². The zero-order valence-corrected chi connectivity index (χ0v) is 48.9. The number of hydrazine groups is 2. The Morgan fingerprint density at radius 2 is 0.841 bits per heavy atom. The number of nitrogens with zero attached hydrogens (tertiary/aromatic N) is 2. The van der Waals surface area contributed by atoms with Crippen LogP contribution in [0.3, 0.4) is 0 Å². The molecule has 0 aliphatic rings. The number of carboxylic acids is 1. The number of nitrogens with one attached hydrogen (secondary N) is 10. The molecule has 0 bridgehead atoms. The number of amides is 5. The maximum absolute atomic E-state index is 13.2. The van der Waals surface area contributed by atoms with Crippen LogP contribution in [-0.2, 0) is 66.3 Å². The molecule has 4 aromatic rings. The number of alkyl halides is 12. The highest BCUT2D eigenvalue weighted by molar-refractivity contribution is 5.99. The summed E-state index contributed by atoms with van der Waals surface area (Å²) in [5.74, 6) is 0.201. The van der Waals surface area contributed by atoms with Crippen LogP contribution in [0.1, 0.15) is 59.6 Å². The Balaban J connectivity index is 0.000000535. The van der Waals surface area contributed by atoms with Crippen LogP contribution >= 0.6 is 0 Å². The number of nitrogens with two attached hydrogens (primary N) is 1. The summed E-state index contributed by atoms with van der Waals surface area (Å²) in [7, 11) is 8.17. The highest BCUT2D eigenvalue weighted by atomic mass is 19.4. The van der Waals surface area contributed by atoms with Gasteiger partial charge in [-0.15, -0.1) is 0 Å². The first-order chi connectivity index (χ1) is 41.2. The van der Waals surface area contributed by atoms with E-state index < -0.39 is 113 Å². The number of hydrogen-bond acceptors (Lipinski definition) is 14. The van der Waals surface area contributed by atoms with Gasteiger partial charge in [0, 0.05) is 70.0 Å². The van der Waals surface area contributed by atoms with E-state index in [-0.39, 0.29) is 41.8 Å². The summed E-state index contributed by atoms with van der Waals surface area (Å²) in [6.45, 7) is 7.12. The molecule has 5 amide bonds. The molecule has 0 aliphatic heterocycles. The summed E-state index contributed by atoms with van der Waals surface area (Å²) in [5.41, 5.74) is -1.17. The molecule has 0 heterocycles. The molecule has 13 N–H and O–H groups in total. The van der Waals surface area contributed by atoms with Gasteiger partial charge in [-0.1, -0.05) is 43.3 Å². The summed E-state index contributed by atoms with van der Waals surface area (Å²) in [5, 5.41) is 35.9. The second kappa shape index (κ2) is 37.4. The molecule has 0 saturated carbocycles. The Bertz CT molecular complexity index is 2790. The van der Waals surface area contributed by atoms with Crippen LogP contribution in [0.25, 0.3) is 0 Å². The number of carbonyl (C=O) groups excluding carboxylic acids is 5. The van der Waals surface area contributed by atoms with Gasteiger partial charge in [0.25, 0.3) is 0 Å². The number of aliphatic carboxylic acids is 1. The fourth-order valence-electron chi connectivity index (χ4n) is 7.70. The quantitative estimate of drug-likeness (QED) is 0.0177. The van der Waals surface area contributed by atoms with E-state index >= 15 is 0 Å². The summed E-state index contributed by atoms with van der Waals surface area (Å²) in [6, 6.07) is 9.95. The van der Waals surface area contributed by atoms with Crippen molar-refractivity contribution >= 4 is 46.9 Å². The van der Waals surface area contributed by atoms with Crippen molar-refractivity contribution in [2.75, 3.05) is 91.7 Å². The van der Waals surface area contributed by atoms with Crippen LogP contribution in [0.4, 0.5) is 64.1 Å². The third-order valence-corrected chi connectivity index (χ3v) is 12.4. The lowest BCUT2D eigenvalue weighted by Gasteiger charge is -2.25. The summed E-state index contributed by atoms with van der Waals surface area (Å²) < 4.78 is 156. The minimum absolute atomic E-state index is 0.204. The molecular formula is C56H75F12N13O7. The summed E-state index contributed by atoms with van der Waals surface area (Å²) in [6.07, 6.45) is -19.0. The topological polar surface area (TPSA) is 275 Å². The normalized spacial score (nSPS) is 13.1. The molecule has 490 valence electrons. The van der Waals surface area contributed by atoms with Crippen LogP contribution in [-0.4, -0.2) is 156 Å². The largest absolute Gasteiger partial charge is 0.481 e. The minimum Gasteiger partial charge on any atom is -0.481 e. The maximum Gasteiger partial charge on any atom is 0.416 e. The van der Waals surface area contributed by atoms with Gasteiger partial charge in [-0.3, -0.25) is 40.0 Å². The van der Waals surface area contributed by atoms with Crippen LogP contribution < -0.4 is 59.1 Å². The molecule has 0 saturated heterocycles. The Morgan fingerprint density at radius 3 is 1.17 bits per heavy atom. The average molecular weight is 1270 g/mol. The van der Waals surface area contributed by atoms with Gasteiger partial charge >= 0.3 is 30.7 Å². The van der Waals surface area contributed by atoms with E-state index in [4.69, 9.17) is 10.9 Å². The predicted octanol–water partition coefficient (Wildman–Crippen LogP) is 5.38. The first kappa shape index (κ1) is 76.6. The number of halogens is 12. The molecular weight excluding hydrogens is 1190 g/mol. The van der Waals surface area contributed by atoms with Crippen molar-refractivity contribution in [2.24, 2.45) is 5.84 Å². The van der Waals surface area contributed by atoms with Crippen molar-refractivity contribution in [3.63, 3.8) is 0 Å². The minimum atomic E-state index is -4.68. The van der Waals surface area contributed by atoms with E-state index in [2.05, 4.69) is 60.2 Å². The molecule has 4 atom stereocenters. The highest BCUT2D eigenvalue weighted by Crippen LogP contribution is 2.33. The Hall–Kier alpha value is -7.46. The lowest BCUT2D eigenvalue weighted by molar-refractivity contribution is -0.140. The maximum atomic E-state index is 13.2. The van der Waals surface area contributed by atoms with Crippen LogP contribution in [0.15, 0.2) is 97.1 Å². The van der Waals surface area contributed by atoms with E-state index in [0.717, 1.165) is 98.9 Å². The molecule has 0 aliphatic carbocycles. The average Bonchev–Trinajstić information content (AvgIpc) is 3.58. The number of anilines is 2. The zero-order valence-electron chi connectivity index (χ0n) is 48.9. The third-order valence-electron chi connectivity index (χ3n) is 12.4. The van der Waals surface area contributed by atoms with Gasteiger partial charge in [-0.05, 0) is 113 Å². The van der Waals surface area contributed by atoms with Gasteiger partial charge < -0.3 is 53.0 Å². The summed E-state index contributed by atoms with van der Waals surface area (Å²) in [4.78, 5) is 75.5. The molecule has 88 heavy (non-hydrogen) atoms. The Morgan fingerprint density at radius 1 is 0.477 bits per heavy atom. The summed E-state index contributed by atoms with van der Waals surface area (Å²) >= 11 is 0. The van der Waals surface area contributed by atoms with Gasteiger partial charge in [0.2, 0.25) is 29.5 Å². The number of hydrogen-bond donors (Lipinski definition) is 12. The van der Waals surface area contributed by atoms with Crippen LogP contribution in [0, 0.1) is 0 Å². The fourth-order valence-corrected chi connectivity index (χ4v) is 7.70. The molecule has 4 rings (SSSR count). The number of likely N-dealkylation sites (N-methyl/N-ethyl adjacent to an activating group) is 5. The third kappa shape index (κ3) is 29.0. The molecule has 20 nitrogen and oxygen atoms in total. The molecule has 4 aromatic carbocycles. The van der Waals surface area contributed by atoms with Crippen molar-refractivity contribution in [1.82, 2.24) is 52.7 Å². The van der Waals surface area contributed by atoms with Gasteiger partial charge in [0.15, 0.2) is 0 Å². The van der Waals surface area contributed by atoms with E-state index in [1.165, 1.54) is 26.2 Å². The van der Waals surface area contributed by atoms with Crippen molar-refractivity contribution < 1.29 is 86.6 Å². The van der Waals surface area contributed by atoms with Crippen LogP contribution in [0.2, 0.25) is 0 Å². The van der Waals surface area contributed by atoms with E-state index in [9.17, 15) is 81.5 Å². The van der Waals surface area contributed by atoms with E-state index in [0.29, 0.717) is 38.3 Å². The first-order valence-electron chi connectivity index (χ1n) is 27.1. The first-order valence-corrected chi connectivity index (χ1v) is 27.1. The van der Waals surface area contributed by atoms with Gasteiger partial charge in [-0.25, -0.2) is 10.0 Å². The van der Waals surface area contributed by atoms with E-state index in [1.807, 2.05) is 12.1 Å². The van der Waals surface area contributed by atoms with Crippen molar-refractivity contribution in [3.8, 4) is 0 Å². The second-order valence-electron chi connectivity index (χ2n) is 19.4. The van der Waals surface area contributed by atoms with Crippen molar-refractivity contribution in [2.45, 2.75) is 87.9 Å². The molecule has 0 unspecified atom stereocenters. The van der Waals surface area contributed by atoms with E-state index in [1.54, 1.807) is 19.1 Å². The lowest BCUT2D eigenvalue weighted by Crippen LogP contribution is -2.54. The number of carbonyl (C=O) groups is 6. The van der Waals surface area contributed by atoms with Gasteiger partial charge in [0.05, 0.1) is 47.2 Å².